The van der Waals surface area contributed by atoms with E-state index < -0.39 is 0 Å². The van der Waals surface area contributed by atoms with Crippen molar-refractivity contribution in [3.05, 3.63) is 95.1 Å². The summed E-state index contributed by atoms with van der Waals surface area (Å²) in [6.45, 7) is 5.71. The highest BCUT2D eigenvalue weighted by atomic mass is 32.2. The molecule has 0 bridgehead atoms. The van der Waals surface area contributed by atoms with E-state index >= 15 is 0 Å². The van der Waals surface area contributed by atoms with Gasteiger partial charge in [0.05, 0.1) is 5.69 Å². The Hall–Kier alpha value is -2.76. The molecule has 170 valence electrons. The zero-order chi connectivity index (χ0) is 22.5. The Bertz CT molecular complexity index is 1100. The second kappa shape index (κ2) is 10.4. The molecule has 4 nitrogen and oxygen atoms in total. The first-order valence-corrected chi connectivity index (χ1v) is 12.9. The molecule has 0 atom stereocenters. The molecule has 2 heterocycles. The van der Waals surface area contributed by atoms with Gasteiger partial charge in [-0.3, -0.25) is 9.69 Å². The number of hydrogen-bond acceptors (Lipinski definition) is 4. The van der Waals surface area contributed by atoms with Crippen LogP contribution in [0, 0.1) is 0 Å². The minimum absolute atomic E-state index is 0.0250. The average Bonchev–Trinajstić information content (AvgIpc) is 2.87. The molecular formula is C28H31N3OS. The van der Waals surface area contributed by atoms with Gasteiger partial charge in [-0.05, 0) is 47.7 Å². The molecule has 0 fully saturated rings. The van der Waals surface area contributed by atoms with E-state index in [9.17, 15) is 4.79 Å². The summed E-state index contributed by atoms with van der Waals surface area (Å²) in [6, 6.07) is 25.4. The summed E-state index contributed by atoms with van der Waals surface area (Å²) in [6.07, 6.45) is 2.09. The first-order chi connectivity index (χ1) is 16.3. The fourth-order valence-electron chi connectivity index (χ4n) is 4.73. The SMILES string of the molecule is O=C(NCCCN1CCc2ccccc2C1)c1ccc2c(c1)N(Cc1ccccc1)CCS2. The van der Waals surface area contributed by atoms with Crippen LogP contribution in [0.3, 0.4) is 0 Å². The molecule has 0 aromatic heterocycles. The van der Waals surface area contributed by atoms with Gasteiger partial charge >= 0.3 is 0 Å². The Kier molecular flexibility index (Phi) is 6.98. The zero-order valence-corrected chi connectivity index (χ0v) is 19.8. The lowest BCUT2D eigenvalue weighted by molar-refractivity contribution is 0.0951. The summed E-state index contributed by atoms with van der Waals surface area (Å²) in [5.41, 5.74) is 6.15. The van der Waals surface area contributed by atoms with E-state index in [-0.39, 0.29) is 5.91 Å². The highest BCUT2D eigenvalue weighted by Crippen LogP contribution is 2.36. The number of fused-ring (bicyclic) bond motifs is 2. The number of carbonyl (C=O) groups excluding carboxylic acids is 1. The molecule has 3 aromatic carbocycles. The molecule has 0 unspecified atom stereocenters. The molecule has 2 aliphatic heterocycles. The van der Waals surface area contributed by atoms with Gasteiger partial charge in [0.2, 0.25) is 0 Å². The largest absolute Gasteiger partial charge is 0.365 e. The highest BCUT2D eigenvalue weighted by molar-refractivity contribution is 7.99. The van der Waals surface area contributed by atoms with E-state index in [1.165, 1.54) is 27.3 Å². The molecule has 0 saturated heterocycles. The summed E-state index contributed by atoms with van der Waals surface area (Å²) >= 11 is 1.88. The molecule has 3 aromatic rings. The lowest BCUT2D eigenvalue weighted by atomic mass is 10.00. The van der Waals surface area contributed by atoms with Crippen LogP contribution in [-0.2, 0) is 19.5 Å². The van der Waals surface area contributed by atoms with Gasteiger partial charge in [-0.2, -0.15) is 0 Å². The molecule has 5 heteroatoms. The minimum Gasteiger partial charge on any atom is -0.365 e. The monoisotopic (exact) mass is 457 g/mol. The van der Waals surface area contributed by atoms with Crippen LogP contribution in [0.4, 0.5) is 5.69 Å². The second-order valence-corrected chi connectivity index (χ2v) is 9.98. The highest BCUT2D eigenvalue weighted by Gasteiger charge is 2.20. The molecule has 1 N–H and O–H groups in total. The summed E-state index contributed by atoms with van der Waals surface area (Å²) in [7, 11) is 0. The smallest absolute Gasteiger partial charge is 0.251 e. The Morgan fingerprint density at radius 3 is 2.64 bits per heavy atom. The maximum Gasteiger partial charge on any atom is 0.251 e. The molecule has 0 spiro atoms. The number of amides is 1. The standard InChI is InChI=1S/C28H31N3OS/c32-28(29-14-6-15-30-16-13-23-9-4-5-10-25(23)21-30)24-11-12-27-26(19-24)31(17-18-33-27)20-22-7-2-1-3-8-22/h1-5,7-12,19H,6,13-18,20-21H2,(H,29,32). The third-order valence-electron chi connectivity index (χ3n) is 6.54. The molecular weight excluding hydrogens is 426 g/mol. The van der Waals surface area contributed by atoms with Crippen LogP contribution in [0.5, 0.6) is 0 Å². The number of rotatable bonds is 7. The summed E-state index contributed by atoms with van der Waals surface area (Å²) in [5, 5.41) is 3.14. The van der Waals surface area contributed by atoms with Crippen LogP contribution in [0.1, 0.15) is 33.5 Å². The Labute approximate surface area is 201 Å². The van der Waals surface area contributed by atoms with Crippen LogP contribution in [-0.4, -0.2) is 42.7 Å². The van der Waals surface area contributed by atoms with Crippen molar-refractivity contribution in [3.8, 4) is 0 Å². The number of carbonyl (C=O) groups is 1. The van der Waals surface area contributed by atoms with E-state index in [2.05, 4.69) is 81.8 Å². The van der Waals surface area contributed by atoms with E-state index in [1.807, 2.05) is 17.8 Å². The average molecular weight is 458 g/mol. The molecule has 5 rings (SSSR count). The van der Waals surface area contributed by atoms with Gasteiger partial charge in [-0.15, -0.1) is 11.8 Å². The zero-order valence-electron chi connectivity index (χ0n) is 19.0. The Balaban J connectivity index is 1.15. The molecule has 2 aliphatic rings. The van der Waals surface area contributed by atoms with Crippen LogP contribution >= 0.6 is 11.8 Å². The maximum absolute atomic E-state index is 12.9. The number of thioether (sulfide) groups is 1. The number of hydrogen-bond donors (Lipinski definition) is 1. The molecule has 1 amide bonds. The molecule has 0 radical (unpaired) electrons. The van der Waals surface area contributed by atoms with Crippen molar-refractivity contribution in [2.45, 2.75) is 30.8 Å². The predicted molar refractivity (Wildman–Crippen MR) is 137 cm³/mol. The minimum atomic E-state index is 0.0250. The van der Waals surface area contributed by atoms with Crippen molar-refractivity contribution in [1.29, 1.82) is 0 Å². The van der Waals surface area contributed by atoms with Gasteiger partial charge in [-0.25, -0.2) is 0 Å². The Morgan fingerprint density at radius 2 is 1.76 bits per heavy atom. The van der Waals surface area contributed by atoms with Gasteiger partial charge in [-0.1, -0.05) is 54.6 Å². The van der Waals surface area contributed by atoms with E-state index in [0.717, 1.165) is 56.9 Å². The normalized spacial score (nSPS) is 15.6. The van der Waals surface area contributed by atoms with Gasteiger partial charge in [0.15, 0.2) is 0 Å². The van der Waals surface area contributed by atoms with Crippen molar-refractivity contribution in [3.63, 3.8) is 0 Å². The van der Waals surface area contributed by atoms with Gasteiger partial charge in [0.1, 0.15) is 0 Å². The third kappa shape index (κ3) is 5.43. The number of nitrogens with one attached hydrogen (secondary N) is 1. The summed E-state index contributed by atoms with van der Waals surface area (Å²) in [4.78, 5) is 19.0. The quantitative estimate of drug-likeness (QED) is 0.508. The molecule has 33 heavy (non-hydrogen) atoms. The first kappa shape index (κ1) is 22.1. The summed E-state index contributed by atoms with van der Waals surface area (Å²) in [5.74, 6) is 1.10. The third-order valence-corrected chi connectivity index (χ3v) is 7.59. The fourth-order valence-corrected chi connectivity index (χ4v) is 5.77. The second-order valence-electron chi connectivity index (χ2n) is 8.84. The van der Waals surface area contributed by atoms with Crippen molar-refractivity contribution in [1.82, 2.24) is 10.2 Å². The predicted octanol–water partition coefficient (Wildman–Crippen LogP) is 4.98. The number of benzene rings is 3. The van der Waals surface area contributed by atoms with E-state index in [1.54, 1.807) is 0 Å². The van der Waals surface area contributed by atoms with Crippen LogP contribution in [0.2, 0.25) is 0 Å². The van der Waals surface area contributed by atoms with Crippen molar-refractivity contribution < 1.29 is 4.79 Å². The molecule has 0 aliphatic carbocycles. The van der Waals surface area contributed by atoms with Gasteiger partial charge in [0, 0.05) is 55.5 Å². The fraction of sp³-hybridized carbons (Fsp3) is 0.321. The van der Waals surface area contributed by atoms with Gasteiger partial charge in [0.25, 0.3) is 5.91 Å². The topological polar surface area (TPSA) is 35.6 Å². The van der Waals surface area contributed by atoms with Crippen molar-refractivity contribution >= 4 is 23.4 Å². The van der Waals surface area contributed by atoms with Crippen LogP contribution in [0.25, 0.3) is 0 Å². The number of nitrogens with zero attached hydrogens (tertiary/aromatic N) is 2. The van der Waals surface area contributed by atoms with Crippen molar-refractivity contribution in [2.24, 2.45) is 0 Å². The van der Waals surface area contributed by atoms with E-state index in [0.29, 0.717) is 6.54 Å². The maximum atomic E-state index is 12.9. The lowest BCUT2D eigenvalue weighted by Gasteiger charge is -2.31. The van der Waals surface area contributed by atoms with Crippen molar-refractivity contribution in [2.75, 3.05) is 36.8 Å². The Morgan fingerprint density at radius 1 is 0.939 bits per heavy atom. The summed E-state index contributed by atoms with van der Waals surface area (Å²) < 4.78 is 0. The first-order valence-electron chi connectivity index (χ1n) is 11.9. The van der Waals surface area contributed by atoms with E-state index in [4.69, 9.17) is 0 Å². The molecule has 0 saturated carbocycles. The lowest BCUT2D eigenvalue weighted by Crippen LogP contribution is -2.34. The van der Waals surface area contributed by atoms with Crippen LogP contribution in [0.15, 0.2) is 77.7 Å². The van der Waals surface area contributed by atoms with Crippen LogP contribution < -0.4 is 10.2 Å². The number of anilines is 1. The van der Waals surface area contributed by atoms with Gasteiger partial charge < -0.3 is 10.2 Å².